The molecule has 0 saturated carbocycles. The Morgan fingerprint density at radius 3 is 2.82 bits per heavy atom. The summed E-state index contributed by atoms with van der Waals surface area (Å²) in [6.45, 7) is 0.536. The lowest BCUT2D eigenvalue weighted by molar-refractivity contribution is 0.0954. The highest BCUT2D eigenvalue weighted by atomic mass is 79.9. The molecule has 2 aromatic rings. The van der Waals surface area contributed by atoms with Crippen LogP contribution in [-0.2, 0) is 0 Å². The topological polar surface area (TPSA) is 57.8 Å². The molecule has 1 heterocycles. The van der Waals surface area contributed by atoms with Crippen LogP contribution >= 0.6 is 15.9 Å². The van der Waals surface area contributed by atoms with Crippen molar-refractivity contribution in [1.82, 2.24) is 15.5 Å². The van der Waals surface area contributed by atoms with Gasteiger partial charge in [0.25, 0.3) is 5.91 Å². The van der Waals surface area contributed by atoms with Gasteiger partial charge in [-0.15, -0.1) is 0 Å². The number of nitrogens with zero attached hydrogens (tertiary/aromatic N) is 1. The highest BCUT2D eigenvalue weighted by molar-refractivity contribution is 9.09. The summed E-state index contributed by atoms with van der Waals surface area (Å²) < 4.78 is 0. The summed E-state index contributed by atoms with van der Waals surface area (Å²) in [5.74, 6) is -0.126. The van der Waals surface area contributed by atoms with Crippen molar-refractivity contribution in [3.8, 4) is 0 Å². The minimum Gasteiger partial charge on any atom is -0.350 e. The van der Waals surface area contributed by atoms with Crippen LogP contribution in [0.2, 0.25) is 0 Å². The first kappa shape index (κ1) is 11.9. The molecule has 88 valence electrons. The number of hydrogen-bond donors (Lipinski definition) is 2. The molecule has 1 atom stereocenters. The predicted octanol–water partition coefficient (Wildman–Crippen LogP) is 2.28. The first-order valence-corrected chi connectivity index (χ1v) is 6.15. The monoisotopic (exact) mass is 293 g/mol. The van der Waals surface area contributed by atoms with E-state index in [4.69, 9.17) is 0 Å². The standard InChI is InChI=1S/C12H12BrN3O/c13-11(9-4-2-1-3-5-9)8-14-12(17)10-6-15-16-7-10/h1-7,11H,8H2,(H,14,17)(H,15,16). The zero-order valence-electron chi connectivity index (χ0n) is 9.06. The second-order valence-corrected chi connectivity index (χ2v) is 4.68. The van der Waals surface area contributed by atoms with E-state index >= 15 is 0 Å². The average molecular weight is 294 g/mol. The van der Waals surface area contributed by atoms with Crippen molar-refractivity contribution in [1.29, 1.82) is 0 Å². The first-order chi connectivity index (χ1) is 8.27. The van der Waals surface area contributed by atoms with Crippen LogP contribution in [0.3, 0.4) is 0 Å². The van der Waals surface area contributed by atoms with Gasteiger partial charge in [-0.2, -0.15) is 5.10 Å². The summed E-state index contributed by atoms with van der Waals surface area (Å²) in [7, 11) is 0. The fraction of sp³-hybridized carbons (Fsp3) is 0.167. The fourth-order valence-corrected chi connectivity index (χ4v) is 1.91. The second kappa shape index (κ2) is 5.63. The zero-order valence-corrected chi connectivity index (χ0v) is 10.6. The zero-order chi connectivity index (χ0) is 12.1. The van der Waals surface area contributed by atoms with Gasteiger partial charge in [-0.1, -0.05) is 46.3 Å². The second-order valence-electron chi connectivity index (χ2n) is 3.58. The third-order valence-electron chi connectivity index (χ3n) is 2.36. The highest BCUT2D eigenvalue weighted by Crippen LogP contribution is 2.21. The summed E-state index contributed by atoms with van der Waals surface area (Å²) in [6, 6.07) is 9.95. The minimum atomic E-state index is -0.126. The molecular formula is C12H12BrN3O. The van der Waals surface area contributed by atoms with E-state index in [9.17, 15) is 4.79 Å². The summed E-state index contributed by atoms with van der Waals surface area (Å²) in [5, 5.41) is 9.18. The van der Waals surface area contributed by atoms with E-state index in [1.165, 1.54) is 6.20 Å². The van der Waals surface area contributed by atoms with E-state index in [0.29, 0.717) is 12.1 Å². The molecule has 0 fully saturated rings. The van der Waals surface area contributed by atoms with Crippen molar-refractivity contribution in [2.45, 2.75) is 4.83 Å². The molecule has 5 heteroatoms. The Labute approximate surface area is 108 Å². The van der Waals surface area contributed by atoms with Crippen LogP contribution in [0.4, 0.5) is 0 Å². The Balaban J connectivity index is 1.89. The Morgan fingerprint density at radius 2 is 2.18 bits per heavy atom. The molecule has 2 N–H and O–H groups in total. The largest absolute Gasteiger partial charge is 0.350 e. The Morgan fingerprint density at radius 1 is 1.41 bits per heavy atom. The molecule has 1 unspecified atom stereocenters. The van der Waals surface area contributed by atoms with Gasteiger partial charge in [0.15, 0.2) is 0 Å². The number of hydrogen-bond acceptors (Lipinski definition) is 2. The molecule has 0 aliphatic heterocycles. The number of rotatable bonds is 4. The summed E-state index contributed by atoms with van der Waals surface area (Å²) in [5.41, 5.74) is 1.68. The first-order valence-electron chi connectivity index (χ1n) is 5.23. The summed E-state index contributed by atoms with van der Waals surface area (Å²) in [4.78, 5) is 11.8. The molecule has 2 rings (SSSR count). The molecule has 1 aromatic carbocycles. The van der Waals surface area contributed by atoms with Gasteiger partial charge in [-0.3, -0.25) is 9.89 Å². The summed E-state index contributed by atoms with van der Waals surface area (Å²) >= 11 is 3.54. The van der Waals surface area contributed by atoms with Crippen LogP contribution in [0.15, 0.2) is 42.7 Å². The van der Waals surface area contributed by atoms with Crippen molar-refractivity contribution < 1.29 is 4.79 Å². The number of halogens is 1. The van der Waals surface area contributed by atoms with Crippen molar-refractivity contribution in [3.63, 3.8) is 0 Å². The minimum absolute atomic E-state index is 0.111. The van der Waals surface area contributed by atoms with Gasteiger partial charge in [-0.05, 0) is 5.56 Å². The van der Waals surface area contributed by atoms with Crippen molar-refractivity contribution in [2.75, 3.05) is 6.54 Å². The van der Waals surface area contributed by atoms with Crippen molar-refractivity contribution >= 4 is 21.8 Å². The molecule has 0 bridgehead atoms. The Hall–Kier alpha value is -1.62. The summed E-state index contributed by atoms with van der Waals surface area (Å²) in [6.07, 6.45) is 3.07. The van der Waals surface area contributed by atoms with Gasteiger partial charge >= 0.3 is 0 Å². The molecule has 17 heavy (non-hydrogen) atoms. The van der Waals surface area contributed by atoms with Crippen molar-refractivity contribution in [2.24, 2.45) is 0 Å². The van der Waals surface area contributed by atoms with E-state index in [1.54, 1.807) is 6.20 Å². The maximum absolute atomic E-state index is 11.6. The maximum atomic E-state index is 11.6. The van der Waals surface area contributed by atoms with E-state index in [2.05, 4.69) is 31.4 Å². The normalized spacial score (nSPS) is 12.1. The fourth-order valence-electron chi connectivity index (χ4n) is 1.44. The van der Waals surface area contributed by atoms with Gasteiger partial charge in [0, 0.05) is 12.7 Å². The number of aromatic nitrogens is 2. The molecule has 0 aliphatic carbocycles. The van der Waals surface area contributed by atoms with Crippen molar-refractivity contribution in [3.05, 3.63) is 53.9 Å². The third-order valence-corrected chi connectivity index (χ3v) is 3.22. The van der Waals surface area contributed by atoms with Gasteiger partial charge in [0.2, 0.25) is 0 Å². The van der Waals surface area contributed by atoms with Crippen LogP contribution in [0.5, 0.6) is 0 Å². The molecule has 0 radical (unpaired) electrons. The number of benzene rings is 1. The molecular weight excluding hydrogens is 282 g/mol. The number of carbonyl (C=O) groups is 1. The van der Waals surface area contributed by atoms with Crippen LogP contribution in [0.1, 0.15) is 20.7 Å². The Kier molecular flexibility index (Phi) is 3.93. The van der Waals surface area contributed by atoms with Gasteiger partial charge in [0.1, 0.15) is 0 Å². The number of aromatic amines is 1. The lowest BCUT2D eigenvalue weighted by atomic mass is 10.1. The number of H-pyrrole nitrogens is 1. The molecule has 4 nitrogen and oxygen atoms in total. The number of carbonyl (C=O) groups excluding carboxylic acids is 1. The van der Waals surface area contributed by atoms with Gasteiger partial charge in [-0.25, -0.2) is 0 Å². The third kappa shape index (κ3) is 3.17. The molecule has 0 spiro atoms. The van der Waals surface area contributed by atoms with Gasteiger partial charge < -0.3 is 5.32 Å². The van der Waals surface area contributed by atoms with Crippen LogP contribution in [0, 0.1) is 0 Å². The molecule has 0 aliphatic rings. The number of amides is 1. The van der Waals surface area contributed by atoms with Crippen LogP contribution in [-0.4, -0.2) is 22.6 Å². The van der Waals surface area contributed by atoms with E-state index in [1.807, 2.05) is 30.3 Å². The molecule has 0 saturated heterocycles. The van der Waals surface area contributed by atoms with E-state index in [-0.39, 0.29) is 10.7 Å². The SMILES string of the molecule is O=C(NCC(Br)c1ccccc1)c1cn[nH]c1. The lowest BCUT2D eigenvalue weighted by Crippen LogP contribution is -2.26. The molecule has 1 aromatic heterocycles. The highest BCUT2D eigenvalue weighted by Gasteiger charge is 2.10. The van der Waals surface area contributed by atoms with Gasteiger partial charge in [0.05, 0.1) is 16.6 Å². The van der Waals surface area contributed by atoms with Crippen LogP contribution in [0.25, 0.3) is 0 Å². The average Bonchev–Trinajstić information content (AvgIpc) is 2.90. The quantitative estimate of drug-likeness (QED) is 0.850. The molecule has 1 amide bonds. The predicted molar refractivity (Wildman–Crippen MR) is 69.0 cm³/mol. The lowest BCUT2D eigenvalue weighted by Gasteiger charge is -2.10. The van der Waals surface area contributed by atoms with E-state index in [0.717, 1.165) is 5.56 Å². The number of alkyl halides is 1. The number of nitrogens with one attached hydrogen (secondary N) is 2. The smallest absolute Gasteiger partial charge is 0.254 e. The maximum Gasteiger partial charge on any atom is 0.254 e. The van der Waals surface area contributed by atoms with Crippen LogP contribution < -0.4 is 5.32 Å². The van der Waals surface area contributed by atoms with E-state index < -0.39 is 0 Å². The Bertz CT molecular complexity index is 470.